The molecule has 2 aromatic heterocycles. The van der Waals surface area contributed by atoms with Crippen molar-refractivity contribution in [1.82, 2.24) is 30.1 Å². The monoisotopic (exact) mass is 392 g/mol. The lowest BCUT2D eigenvalue weighted by molar-refractivity contribution is 0.304. The van der Waals surface area contributed by atoms with Crippen molar-refractivity contribution in [3.05, 3.63) is 46.2 Å². The van der Waals surface area contributed by atoms with E-state index >= 15 is 0 Å². The first-order chi connectivity index (χ1) is 12.4. The molecule has 0 saturated heterocycles. The number of hydrogen-bond acceptors (Lipinski definition) is 8. The maximum Gasteiger partial charge on any atom is 0.175 e. The van der Waals surface area contributed by atoms with Crippen LogP contribution < -0.4 is 0 Å². The largest absolute Gasteiger partial charge is 0.293 e. The zero-order chi connectivity index (χ0) is 18.7. The van der Waals surface area contributed by atoms with Gasteiger partial charge in [0, 0.05) is 18.2 Å². The van der Waals surface area contributed by atoms with Crippen LogP contribution in [0.5, 0.6) is 0 Å². The minimum Gasteiger partial charge on any atom is -0.293 e. The molecule has 26 heavy (non-hydrogen) atoms. The fourth-order valence-electron chi connectivity index (χ4n) is 2.50. The second-order valence-corrected chi connectivity index (χ2v) is 8.99. The molecule has 138 valence electrons. The molecule has 0 fully saturated rings. The van der Waals surface area contributed by atoms with Crippen molar-refractivity contribution in [2.45, 2.75) is 31.3 Å². The van der Waals surface area contributed by atoms with Crippen molar-refractivity contribution in [3.8, 4) is 5.69 Å². The molecule has 3 aromatic rings. The smallest absolute Gasteiger partial charge is 0.175 e. The van der Waals surface area contributed by atoms with Crippen LogP contribution in [0.25, 0.3) is 5.69 Å². The SMILES string of the molecule is CCc1nc(CN(C)Cc2nnnn2-c2ccc(S(C)(=O)=O)cc2)cs1. The van der Waals surface area contributed by atoms with Crippen molar-refractivity contribution in [3.63, 3.8) is 0 Å². The highest BCUT2D eigenvalue weighted by molar-refractivity contribution is 7.90. The van der Waals surface area contributed by atoms with Crippen LogP contribution in [0.2, 0.25) is 0 Å². The Morgan fingerprint density at radius 2 is 1.92 bits per heavy atom. The number of tetrazole rings is 1. The zero-order valence-corrected chi connectivity index (χ0v) is 16.5. The highest BCUT2D eigenvalue weighted by Crippen LogP contribution is 2.16. The van der Waals surface area contributed by atoms with Gasteiger partial charge in [-0.1, -0.05) is 6.92 Å². The molecular weight excluding hydrogens is 372 g/mol. The lowest BCUT2D eigenvalue weighted by Crippen LogP contribution is -2.20. The summed E-state index contributed by atoms with van der Waals surface area (Å²) >= 11 is 1.67. The lowest BCUT2D eigenvalue weighted by atomic mass is 10.3. The van der Waals surface area contributed by atoms with Gasteiger partial charge in [-0.3, -0.25) is 4.90 Å². The summed E-state index contributed by atoms with van der Waals surface area (Å²) in [7, 11) is -1.24. The molecule has 0 N–H and O–H groups in total. The summed E-state index contributed by atoms with van der Waals surface area (Å²) in [4.78, 5) is 6.92. The van der Waals surface area contributed by atoms with Crippen LogP contribution in [-0.2, 0) is 29.3 Å². The van der Waals surface area contributed by atoms with E-state index in [2.05, 4.69) is 37.7 Å². The second kappa shape index (κ2) is 7.60. The molecule has 1 aromatic carbocycles. The fraction of sp³-hybridized carbons (Fsp3) is 0.375. The summed E-state index contributed by atoms with van der Waals surface area (Å²) in [5.41, 5.74) is 1.75. The van der Waals surface area contributed by atoms with Gasteiger partial charge in [0.05, 0.1) is 27.8 Å². The molecule has 0 aliphatic heterocycles. The third-order valence-electron chi connectivity index (χ3n) is 3.79. The number of benzene rings is 1. The van der Waals surface area contributed by atoms with Gasteiger partial charge >= 0.3 is 0 Å². The van der Waals surface area contributed by atoms with Crippen LogP contribution in [0.15, 0.2) is 34.5 Å². The van der Waals surface area contributed by atoms with Crippen molar-refractivity contribution in [1.29, 1.82) is 0 Å². The summed E-state index contributed by atoms with van der Waals surface area (Å²) in [5.74, 6) is 0.672. The summed E-state index contributed by atoms with van der Waals surface area (Å²) in [6, 6.07) is 6.51. The van der Waals surface area contributed by atoms with E-state index in [1.807, 2.05) is 7.05 Å². The van der Waals surface area contributed by atoms with E-state index in [9.17, 15) is 8.42 Å². The number of sulfone groups is 1. The molecule has 0 saturated carbocycles. The maximum atomic E-state index is 11.6. The molecule has 0 atom stereocenters. The van der Waals surface area contributed by atoms with Crippen LogP contribution >= 0.6 is 11.3 Å². The fourth-order valence-corrected chi connectivity index (χ4v) is 3.86. The molecule has 0 amide bonds. The highest BCUT2D eigenvalue weighted by atomic mass is 32.2. The van der Waals surface area contributed by atoms with E-state index in [4.69, 9.17) is 0 Å². The van der Waals surface area contributed by atoms with Gasteiger partial charge in [-0.15, -0.1) is 16.4 Å². The normalized spacial score (nSPS) is 12.0. The zero-order valence-electron chi connectivity index (χ0n) is 14.8. The summed E-state index contributed by atoms with van der Waals surface area (Å²) in [5, 5.41) is 15.1. The van der Waals surface area contributed by atoms with E-state index in [1.54, 1.807) is 40.3 Å². The third kappa shape index (κ3) is 4.32. The molecule has 0 spiro atoms. The maximum absolute atomic E-state index is 11.6. The molecule has 8 nitrogen and oxygen atoms in total. The average molecular weight is 393 g/mol. The molecular formula is C16H20N6O2S2. The van der Waals surface area contributed by atoms with Crippen molar-refractivity contribution in [2.75, 3.05) is 13.3 Å². The van der Waals surface area contributed by atoms with E-state index in [0.29, 0.717) is 24.6 Å². The number of aryl methyl sites for hydroxylation is 1. The van der Waals surface area contributed by atoms with Crippen LogP contribution in [0.1, 0.15) is 23.4 Å². The van der Waals surface area contributed by atoms with Crippen LogP contribution in [0, 0.1) is 0 Å². The Hall–Kier alpha value is -2.17. The number of hydrogen-bond donors (Lipinski definition) is 0. The summed E-state index contributed by atoms with van der Waals surface area (Å²) < 4.78 is 24.8. The van der Waals surface area contributed by atoms with Crippen LogP contribution in [0.3, 0.4) is 0 Å². The number of aromatic nitrogens is 5. The minimum atomic E-state index is -3.23. The Labute approximate surface area is 156 Å². The van der Waals surface area contributed by atoms with Crippen molar-refractivity contribution < 1.29 is 8.42 Å². The molecule has 0 aliphatic rings. The number of nitrogens with zero attached hydrogens (tertiary/aromatic N) is 6. The number of rotatable bonds is 7. The Kier molecular flexibility index (Phi) is 5.44. The second-order valence-electron chi connectivity index (χ2n) is 6.03. The average Bonchev–Trinajstić information content (AvgIpc) is 3.23. The van der Waals surface area contributed by atoms with Gasteiger partial charge in [-0.05, 0) is 48.2 Å². The van der Waals surface area contributed by atoms with Gasteiger partial charge in [-0.2, -0.15) is 4.68 Å². The minimum absolute atomic E-state index is 0.267. The Morgan fingerprint density at radius 3 is 2.54 bits per heavy atom. The van der Waals surface area contributed by atoms with E-state index in [-0.39, 0.29) is 4.90 Å². The first-order valence-corrected chi connectivity index (χ1v) is 10.8. The third-order valence-corrected chi connectivity index (χ3v) is 5.96. The molecule has 0 aliphatic carbocycles. The lowest BCUT2D eigenvalue weighted by Gasteiger charge is -2.14. The van der Waals surface area contributed by atoms with Gasteiger partial charge < -0.3 is 0 Å². The highest BCUT2D eigenvalue weighted by Gasteiger charge is 2.13. The van der Waals surface area contributed by atoms with Gasteiger partial charge in [-0.25, -0.2) is 13.4 Å². The Morgan fingerprint density at radius 1 is 1.19 bits per heavy atom. The molecule has 0 radical (unpaired) electrons. The molecule has 10 heteroatoms. The van der Waals surface area contributed by atoms with Crippen molar-refractivity contribution >= 4 is 21.2 Å². The summed E-state index contributed by atoms with van der Waals surface area (Å²) in [6.45, 7) is 3.34. The summed E-state index contributed by atoms with van der Waals surface area (Å²) in [6.07, 6.45) is 2.12. The molecule has 2 heterocycles. The van der Waals surface area contributed by atoms with Crippen molar-refractivity contribution in [2.24, 2.45) is 0 Å². The predicted molar refractivity (Wildman–Crippen MR) is 98.9 cm³/mol. The van der Waals surface area contributed by atoms with Crippen LogP contribution in [-0.4, -0.2) is 51.8 Å². The van der Waals surface area contributed by atoms with Gasteiger partial charge in [0.2, 0.25) is 0 Å². The molecule has 0 bridgehead atoms. The first-order valence-electron chi connectivity index (χ1n) is 8.06. The standard InChI is InChI=1S/C16H20N6O2S2/c1-4-16-17-12(11-25-16)9-21(2)10-15-18-19-20-22(15)13-5-7-14(8-6-13)26(3,23)24/h5-8,11H,4,9-10H2,1-3H3. The van der Waals surface area contributed by atoms with E-state index in [1.165, 1.54) is 6.26 Å². The van der Waals surface area contributed by atoms with Gasteiger partial charge in [0.1, 0.15) is 0 Å². The quantitative estimate of drug-likeness (QED) is 0.604. The molecule has 0 unspecified atom stereocenters. The van der Waals surface area contributed by atoms with Gasteiger partial charge in [0.15, 0.2) is 15.7 Å². The van der Waals surface area contributed by atoms with Gasteiger partial charge in [0.25, 0.3) is 0 Å². The number of thiazole rings is 1. The Balaban J connectivity index is 1.73. The predicted octanol–water partition coefficient (Wildman–Crippen LogP) is 1.72. The van der Waals surface area contributed by atoms with E-state index < -0.39 is 9.84 Å². The van der Waals surface area contributed by atoms with Crippen LogP contribution in [0.4, 0.5) is 0 Å². The topological polar surface area (TPSA) is 93.9 Å². The Bertz CT molecular complexity index is 978. The first kappa shape index (κ1) is 18.6. The molecule has 3 rings (SSSR count). The van der Waals surface area contributed by atoms with E-state index in [0.717, 1.165) is 17.1 Å².